The molecule has 0 unspecified atom stereocenters. The van der Waals surface area contributed by atoms with E-state index in [2.05, 4.69) is 5.32 Å². The Kier molecular flexibility index (Phi) is 4.31. The average Bonchev–Trinajstić information content (AvgIpc) is 2.39. The maximum Gasteiger partial charge on any atom is 0.321 e. The van der Waals surface area contributed by atoms with Crippen LogP contribution in [0, 0.1) is 0 Å². The second-order valence-electron chi connectivity index (χ2n) is 4.40. The van der Waals surface area contributed by atoms with Crippen LogP contribution in [0.2, 0.25) is 0 Å². The van der Waals surface area contributed by atoms with Crippen LogP contribution in [0.25, 0.3) is 0 Å². The molecule has 0 atom stereocenters. The minimum atomic E-state index is -0.800. The van der Waals surface area contributed by atoms with Gasteiger partial charge in [0.15, 0.2) is 5.78 Å². The molecule has 1 aromatic carbocycles. The lowest BCUT2D eigenvalue weighted by molar-refractivity contribution is 0.101. The number of benzene rings is 1. The van der Waals surface area contributed by atoms with Gasteiger partial charge < -0.3 is 10.2 Å². The van der Waals surface area contributed by atoms with E-state index < -0.39 is 10.8 Å². The molecule has 0 radical (unpaired) electrons. The van der Waals surface area contributed by atoms with Crippen LogP contribution in [0.1, 0.15) is 17.3 Å². The molecule has 1 aliphatic rings. The first-order valence-corrected chi connectivity index (χ1v) is 7.57. The van der Waals surface area contributed by atoms with Crippen LogP contribution < -0.4 is 5.32 Å². The van der Waals surface area contributed by atoms with E-state index in [0.29, 0.717) is 35.8 Å². The number of Topliss-reactive ketones (excluding diaryl/α,β-unsaturated/α-hetero) is 1. The molecule has 6 heteroatoms. The molecular formula is C13H16N2O3S. The fourth-order valence-corrected chi connectivity index (χ4v) is 2.91. The van der Waals surface area contributed by atoms with E-state index in [4.69, 9.17) is 0 Å². The predicted molar refractivity (Wildman–Crippen MR) is 74.9 cm³/mol. The number of carbonyl (C=O) groups excluding carboxylic acids is 2. The van der Waals surface area contributed by atoms with Crippen LogP contribution in [0.3, 0.4) is 0 Å². The Morgan fingerprint density at radius 1 is 1.26 bits per heavy atom. The molecule has 2 amide bonds. The maximum atomic E-state index is 12.0. The highest BCUT2D eigenvalue weighted by molar-refractivity contribution is 7.85. The van der Waals surface area contributed by atoms with E-state index in [1.807, 2.05) is 0 Å². The van der Waals surface area contributed by atoms with E-state index in [-0.39, 0.29) is 11.8 Å². The van der Waals surface area contributed by atoms with Crippen molar-refractivity contribution in [1.29, 1.82) is 0 Å². The van der Waals surface area contributed by atoms with Crippen molar-refractivity contribution in [3.05, 3.63) is 29.8 Å². The van der Waals surface area contributed by atoms with Gasteiger partial charge in [-0.25, -0.2) is 4.79 Å². The molecule has 1 fully saturated rings. The molecule has 2 rings (SSSR count). The second-order valence-corrected chi connectivity index (χ2v) is 6.10. The molecule has 1 N–H and O–H groups in total. The fourth-order valence-electron chi connectivity index (χ4n) is 1.86. The zero-order valence-corrected chi connectivity index (χ0v) is 11.5. The molecule has 1 aromatic rings. The van der Waals surface area contributed by atoms with Gasteiger partial charge in [-0.2, -0.15) is 0 Å². The molecule has 0 spiro atoms. The molecule has 0 bridgehead atoms. The topological polar surface area (TPSA) is 66.5 Å². The first kappa shape index (κ1) is 13.7. The molecule has 1 saturated heterocycles. The molecule has 19 heavy (non-hydrogen) atoms. The Morgan fingerprint density at radius 3 is 2.58 bits per heavy atom. The number of rotatable bonds is 2. The van der Waals surface area contributed by atoms with E-state index in [1.54, 1.807) is 29.2 Å². The van der Waals surface area contributed by atoms with Crippen LogP contribution in [-0.2, 0) is 10.8 Å². The van der Waals surface area contributed by atoms with Gasteiger partial charge in [0.1, 0.15) is 0 Å². The number of ketones is 1. The van der Waals surface area contributed by atoms with Crippen molar-refractivity contribution < 1.29 is 13.8 Å². The summed E-state index contributed by atoms with van der Waals surface area (Å²) in [6.07, 6.45) is 0. The summed E-state index contributed by atoms with van der Waals surface area (Å²) in [6.45, 7) is 2.50. The van der Waals surface area contributed by atoms with Gasteiger partial charge in [0.25, 0.3) is 0 Å². The lowest BCUT2D eigenvalue weighted by Crippen LogP contribution is -2.43. The Labute approximate surface area is 114 Å². The molecule has 5 nitrogen and oxygen atoms in total. The number of hydrogen-bond donors (Lipinski definition) is 1. The number of anilines is 1. The number of amides is 2. The van der Waals surface area contributed by atoms with E-state index >= 15 is 0 Å². The van der Waals surface area contributed by atoms with Gasteiger partial charge in [-0.05, 0) is 19.1 Å². The maximum absolute atomic E-state index is 12.0. The van der Waals surface area contributed by atoms with Crippen molar-refractivity contribution in [2.45, 2.75) is 6.92 Å². The summed E-state index contributed by atoms with van der Waals surface area (Å²) in [5.41, 5.74) is 1.17. The number of carbonyl (C=O) groups is 2. The van der Waals surface area contributed by atoms with Crippen LogP contribution in [0.15, 0.2) is 24.3 Å². The second kappa shape index (κ2) is 5.97. The predicted octanol–water partition coefficient (Wildman–Crippen LogP) is 1.49. The number of urea groups is 1. The van der Waals surface area contributed by atoms with Gasteiger partial charge in [-0.1, -0.05) is 12.1 Å². The molecule has 1 heterocycles. The quantitative estimate of drug-likeness (QED) is 0.835. The molecule has 0 saturated carbocycles. The number of hydrogen-bond acceptors (Lipinski definition) is 3. The number of nitrogens with one attached hydrogen (secondary N) is 1. The van der Waals surface area contributed by atoms with E-state index in [0.717, 1.165) is 0 Å². The van der Waals surface area contributed by atoms with Crippen molar-refractivity contribution in [2.75, 3.05) is 29.9 Å². The highest BCUT2D eigenvalue weighted by Crippen LogP contribution is 2.12. The molecule has 0 aliphatic carbocycles. The zero-order valence-electron chi connectivity index (χ0n) is 10.7. The van der Waals surface area contributed by atoms with Crippen LogP contribution in [0.4, 0.5) is 10.5 Å². The van der Waals surface area contributed by atoms with Gasteiger partial charge in [-0.15, -0.1) is 0 Å². The zero-order chi connectivity index (χ0) is 13.8. The van der Waals surface area contributed by atoms with Crippen molar-refractivity contribution in [2.24, 2.45) is 0 Å². The number of nitrogens with zero attached hydrogens (tertiary/aromatic N) is 1. The Morgan fingerprint density at radius 2 is 1.95 bits per heavy atom. The summed E-state index contributed by atoms with van der Waals surface area (Å²) < 4.78 is 11.2. The fraction of sp³-hybridized carbons (Fsp3) is 0.385. The van der Waals surface area contributed by atoms with Gasteiger partial charge in [-0.3, -0.25) is 9.00 Å². The van der Waals surface area contributed by atoms with Crippen LogP contribution >= 0.6 is 0 Å². The third kappa shape index (κ3) is 3.64. The molecular weight excluding hydrogens is 264 g/mol. The third-order valence-electron chi connectivity index (χ3n) is 2.99. The van der Waals surface area contributed by atoms with Crippen molar-refractivity contribution in [1.82, 2.24) is 4.90 Å². The third-order valence-corrected chi connectivity index (χ3v) is 4.26. The van der Waals surface area contributed by atoms with Gasteiger partial charge in [0.2, 0.25) is 0 Å². The lowest BCUT2D eigenvalue weighted by Gasteiger charge is -2.26. The summed E-state index contributed by atoms with van der Waals surface area (Å²) in [5, 5.41) is 2.76. The lowest BCUT2D eigenvalue weighted by atomic mass is 10.1. The van der Waals surface area contributed by atoms with Crippen molar-refractivity contribution in [3.63, 3.8) is 0 Å². The minimum Gasteiger partial charge on any atom is -0.323 e. The minimum absolute atomic E-state index is 0.0375. The average molecular weight is 280 g/mol. The Hall–Kier alpha value is -1.69. The molecule has 0 aromatic heterocycles. The smallest absolute Gasteiger partial charge is 0.321 e. The summed E-state index contributed by atoms with van der Waals surface area (Å²) >= 11 is 0. The molecule has 1 aliphatic heterocycles. The van der Waals surface area contributed by atoms with Crippen molar-refractivity contribution >= 4 is 28.3 Å². The summed E-state index contributed by atoms with van der Waals surface area (Å²) in [6, 6.07) is 6.63. The van der Waals surface area contributed by atoms with Crippen LogP contribution in [0.5, 0.6) is 0 Å². The standard InChI is InChI=1S/C13H16N2O3S/c1-10(16)11-3-2-4-12(9-11)14-13(17)15-5-7-19(18)8-6-15/h2-4,9H,5-8H2,1H3,(H,14,17). The first-order valence-electron chi connectivity index (χ1n) is 6.08. The normalized spacial score (nSPS) is 16.2. The highest BCUT2D eigenvalue weighted by Gasteiger charge is 2.19. The summed E-state index contributed by atoms with van der Waals surface area (Å²) in [5.74, 6) is 1.02. The monoisotopic (exact) mass is 280 g/mol. The van der Waals surface area contributed by atoms with Gasteiger partial charge >= 0.3 is 6.03 Å². The van der Waals surface area contributed by atoms with E-state index in [1.165, 1.54) is 6.92 Å². The summed E-state index contributed by atoms with van der Waals surface area (Å²) in [7, 11) is -0.800. The Balaban J connectivity index is 2.00. The Bertz CT molecular complexity index is 520. The first-order chi connectivity index (χ1) is 9.06. The van der Waals surface area contributed by atoms with E-state index in [9.17, 15) is 13.8 Å². The van der Waals surface area contributed by atoms with Gasteiger partial charge in [0.05, 0.1) is 0 Å². The van der Waals surface area contributed by atoms with Crippen LogP contribution in [-0.4, -0.2) is 45.5 Å². The summed E-state index contributed by atoms with van der Waals surface area (Å²) in [4.78, 5) is 24.9. The molecule has 102 valence electrons. The van der Waals surface area contributed by atoms with Gasteiger partial charge in [0, 0.05) is 46.6 Å². The van der Waals surface area contributed by atoms with Crippen molar-refractivity contribution in [3.8, 4) is 0 Å². The highest BCUT2D eigenvalue weighted by atomic mass is 32.2. The SMILES string of the molecule is CC(=O)c1cccc(NC(=O)N2CCS(=O)CC2)c1. The largest absolute Gasteiger partial charge is 0.323 e.